The second-order valence-electron chi connectivity index (χ2n) is 9.73. The zero-order valence-corrected chi connectivity index (χ0v) is 21.4. The van der Waals surface area contributed by atoms with Crippen molar-refractivity contribution in [2.24, 2.45) is 7.05 Å². The Morgan fingerprint density at radius 2 is 1.72 bits per heavy atom. The zero-order chi connectivity index (χ0) is 25.2. The Labute approximate surface area is 211 Å². The first kappa shape index (κ1) is 24.0. The number of fused-ring (bicyclic) bond motifs is 1. The van der Waals surface area contributed by atoms with E-state index in [0.29, 0.717) is 5.82 Å². The number of piperazine rings is 1. The number of benzene rings is 2. The highest BCUT2D eigenvalue weighted by molar-refractivity contribution is 5.99. The van der Waals surface area contributed by atoms with E-state index in [9.17, 15) is 4.79 Å². The lowest BCUT2D eigenvalue weighted by Gasteiger charge is -2.32. The van der Waals surface area contributed by atoms with Crippen molar-refractivity contribution in [2.45, 2.75) is 20.4 Å². The summed E-state index contributed by atoms with van der Waals surface area (Å²) in [5.74, 6) is 0.496. The third-order valence-corrected chi connectivity index (χ3v) is 6.87. The molecule has 5 rings (SSSR count). The molecular weight excluding hydrogens is 450 g/mol. The molecule has 36 heavy (non-hydrogen) atoms. The molecule has 0 radical (unpaired) electrons. The largest absolute Gasteiger partial charge is 0.324 e. The molecular formula is C28H33N7O. The predicted molar refractivity (Wildman–Crippen MR) is 145 cm³/mol. The van der Waals surface area contributed by atoms with E-state index in [1.165, 1.54) is 11.1 Å². The van der Waals surface area contributed by atoms with Crippen molar-refractivity contribution in [3.05, 3.63) is 71.5 Å². The van der Waals surface area contributed by atoms with Gasteiger partial charge >= 0.3 is 6.03 Å². The van der Waals surface area contributed by atoms with Gasteiger partial charge in [-0.3, -0.25) is 19.9 Å². The normalized spacial score (nSPS) is 14.8. The molecule has 4 aromatic rings. The molecule has 8 nitrogen and oxygen atoms in total. The summed E-state index contributed by atoms with van der Waals surface area (Å²) in [5.41, 5.74) is 6.15. The molecule has 1 aliphatic rings. The first-order valence-corrected chi connectivity index (χ1v) is 12.3. The van der Waals surface area contributed by atoms with Gasteiger partial charge in [-0.15, -0.1) is 0 Å². The number of amides is 2. The average Bonchev–Trinajstić information content (AvgIpc) is 3.21. The van der Waals surface area contributed by atoms with Crippen LogP contribution in [0.15, 0.2) is 54.7 Å². The van der Waals surface area contributed by atoms with Crippen LogP contribution in [-0.2, 0) is 13.6 Å². The topological polar surface area (TPSA) is 78.3 Å². The third kappa shape index (κ3) is 5.40. The van der Waals surface area contributed by atoms with Crippen LogP contribution in [0.2, 0.25) is 0 Å². The van der Waals surface area contributed by atoms with Gasteiger partial charge in [0.2, 0.25) is 0 Å². The molecule has 0 atom stereocenters. The lowest BCUT2D eigenvalue weighted by atomic mass is 10.1. The van der Waals surface area contributed by atoms with E-state index in [1.807, 2.05) is 38.4 Å². The second-order valence-corrected chi connectivity index (χ2v) is 9.73. The Hall–Kier alpha value is -3.75. The van der Waals surface area contributed by atoms with Gasteiger partial charge in [0.05, 0.1) is 5.69 Å². The van der Waals surface area contributed by atoms with Crippen LogP contribution in [0.1, 0.15) is 16.8 Å². The fourth-order valence-corrected chi connectivity index (χ4v) is 4.69. The van der Waals surface area contributed by atoms with Gasteiger partial charge in [-0.25, -0.2) is 4.79 Å². The lowest BCUT2D eigenvalue weighted by molar-refractivity contribution is 0.148. The number of pyridine rings is 1. The summed E-state index contributed by atoms with van der Waals surface area (Å²) < 4.78 is 1.77. The SMILES string of the molecule is Cc1cc2ccc(-c3cc(NC(=O)Nc4ccc(CN5CCN(C)CC5)c(C)c4)nn3C)cc2cn1. The Bertz CT molecular complexity index is 1400. The molecule has 2 N–H and O–H groups in total. The maximum atomic E-state index is 12.7. The number of hydrogen-bond acceptors (Lipinski definition) is 5. The number of urea groups is 1. The van der Waals surface area contributed by atoms with Gasteiger partial charge in [0, 0.05) is 74.4 Å². The number of carbonyl (C=O) groups excluding carboxylic acids is 1. The molecule has 3 heterocycles. The number of carbonyl (C=O) groups is 1. The van der Waals surface area contributed by atoms with Crippen molar-refractivity contribution in [1.29, 1.82) is 0 Å². The molecule has 2 amide bonds. The van der Waals surface area contributed by atoms with Gasteiger partial charge < -0.3 is 10.2 Å². The number of likely N-dealkylation sites (N-methyl/N-ethyl adjacent to an activating group) is 1. The van der Waals surface area contributed by atoms with Crippen molar-refractivity contribution >= 4 is 28.3 Å². The summed E-state index contributed by atoms with van der Waals surface area (Å²) in [5, 5.41) is 12.5. The van der Waals surface area contributed by atoms with Gasteiger partial charge in [0.15, 0.2) is 5.82 Å². The van der Waals surface area contributed by atoms with E-state index in [-0.39, 0.29) is 6.03 Å². The summed E-state index contributed by atoms with van der Waals surface area (Å²) in [6.07, 6.45) is 1.88. The number of rotatable bonds is 5. The van der Waals surface area contributed by atoms with Crippen LogP contribution < -0.4 is 10.6 Å². The average molecular weight is 484 g/mol. The van der Waals surface area contributed by atoms with Crippen LogP contribution in [0.5, 0.6) is 0 Å². The van der Waals surface area contributed by atoms with Crippen LogP contribution in [0.4, 0.5) is 16.3 Å². The van der Waals surface area contributed by atoms with Crippen molar-refractivity contribution in [3.63, 3.8) is 0 Å². The van der Waals surface area contributed by atoms with Crippen LogP contribution >= 0.6 is 0 Å². The first-order chi connectivity index (χ1) is 17.3. The lowest BCUT2D eigenvalue weighted by Crippen LogP contribution is -2.43. The molecule has 0 unspecified atom stereocenters. The summed E-state index contributed by atoms with van der Waals surface area (Å²) in [6, 6.07) is 16.0. The first-order valence-electron chi connectivity index (χ1n) is 12.3. The van der Waals surface area contributed by atoms with Gasteiger partial charge in [0.1, 0.15) is 0 Å². The van der Waals surface area contributed by atoms with E-state index < -0.39 is 0 Å². The molecule has 2 aromatic heterocycles. The number of nitrogens with one attached hydrogen (secondary N) is 2. The fraction of sp³-hybridized carbons (Fsp3) is 0.321. The van der Waals surface area contributed by atoms with Crippen molar-refractivity contribution < 1.29 is 4.79 Å². The number of anilines is 2. The number of nitrogens with zero attached hydrogens (tertiary/aromatic N) is 5. The Kier molecular flexibility index (Phi) is 6.71. The van der Waals surface area contributed by atoms with Crippen LogP contribution in [0.25, 0.3) is 22.0 Å². The molecule has 1 saturated heterocycles. The molecule has 186 valence electrons. The molecule has 8 heteroatoms. The van der Waals surface area contributed by atoms with E-state index >= 15 is 0 Å². The van der Waals surface area contributed by atoms with Crippen LogP contribution in [0.3, 0.4) is 0 Å². The minimum Gasteiger partial charge on any atom is -0.308 e. The molecule has 2 aromatic carbocycles. The molecule has 0 spiro atoms. The van der Waals surface area contributed by atoms with Crippen molar-refractivity contribution in [3.8, 4) is 11.3 Å². The maximum absolute atomic E-state index is 12.7. The van der Waals surface area contributed by atoms with E-state index in [2.05, 4.69) is 74.8 Å². The Morgan fingerprint density at radius 3 is 2.50 bits per heavy atom. The molecule has 1 fully saturated rings. The fourth-order valence-electron chi connectivity index (χ4n) is 4.69. The van der Waals surface area contributed by atoms with E-state index in [4.69, 9.17) is 0 Å². The van der Waals surface area contributed by atoms with Crippen LogP contribution in [-0.4, -0.2) is 63.8 Å². The number of aromatic nitrogens is 3. The molecule has 0 aliphatic carbocycles. The second kappa shape index (κ2) is 10.1. The van der Waals surface area contributed by atoms with E-state index in [0.717, 1.165) is 66.1 Å². The zero-order valence-electron chi connectivity index (χ0n) is 21.4. The van der Waals surface area contributed by atoms with Crippen molar-refractivity contribution in [2.75, 3.05) is 43.9 Å². The van der Waals surface area contributed by atoms with Gasteiger partial charge in [-0.05, 0) is 61.7 Å². The Balaban J connectivity index is 1.23. The quantitative estimate of drug-likeness (QED) is 0.432. The third-order valence-electron chi connectivity index (χ3n) is 6.87. The van der Waals surface area contributed by atoms with Crippen molar-refractivity contribution in [1.82, 2.24) is 24.6 Å². The highest BCUT2D eigenvalue weighted by Gasteiger charge is 2.15. The predicted octanol–water partition coefficient (Wildman–Crippen LogP) is 4.64. The highest BCUT2D eigenvalue weighted by atomic mass is 16.2. The Morgan fingerprint density at radius 1 is 0.917 bits per heavy atom. The minimum absolute atomic E-state index is 0.316. The summed E-state index contributed by atoms with van der Waals surface area (Å²) in [4.78, 5) is 21.9. The molecule has 1 aliphatic heterocycles. The number of hydrogen-bond donors (Lipinski definition) is 2. The van der Waals surface area contributed by atoms with Gasteiger partial charge in [-0.2, -0.15) is 5.10 Å². The highest BCUT2D eigenvalue weighted by Crippen LogP contribution is 2.26. The number of aryl methyl sites for hydroxylation is 3. The molecule has 0 bridgehead atoms. The standard InChI is InChI=1S/C28H33N7O/c1-19-13-25(8-7-23(19)18-35-11-9-33(3)10-12-35)30-28(36)31-27-16-26(34(4)32-27)22-6-5-21-14-20(2)29-17-24(21)15-22/h5-8,13-17H,9-12,18H2,1-4H3,(H2,30,31,32,36). The smallest absolute Gasteiger partial charge is 0.308 e. The summed E-state index contributed by atoms with van der Waals surface area (Å²) >= 11 is 0. The van der Waals surface area contributed by atoms with Gasteiger partial charge in [0.25, 0.3) is 0 Å². The molecule has 0 saturated carbocycles. The maximum Gasteiger partial charge on any atom is 0.324 e. The minimum atomic E-state index is -0.316. The monoisotopic (exact) mass is 483 g/mol. The summed E-state index contributed by atoms with van der Waals surface area (Å²) in [7, 11) is 4.04. The van der Waals surface area contributed by atoms with Crippen LogP contribution in [0, 0.1) is 13.8 Å². The van der Waals surface area contributed by atoms with E-state index in [1.54, 1.807) is 4.68 Å². The summed E-state index contributed by atoms with van der Waals surface area (Å²) in [6.45, 7) is 9.40. The van der Waals surface area contributed by atoms with Gasteiger partial charge in [-0.1, -0.05) is 18.2 Å².